The molecule has 0 saturated carbocycles. The number of nitrogens with zero attached hydrogens (tertiary/aromatic N) is 3. The van der Waals surface area contributed by atoms with Gasteiger partial charge in [0.25, 0.3) is 0 Å². The Morgan fingerprint density at radius 2 is 2.07 bits per heavy atom. The number of hydrogen-bond donors (Lipinski definition) is 2. The van der Waals surface area contributed by atoms with Gasteiger partial charge in [-0.2, -0.15) is 13.2 Å². The first kappa shape index (κ1) is 21.1. The first-order valence-corrected chi connectivity index (χ1v) is 9.43. The number of hydrogen-bond acceptors (Lipinski definition) is 6. The Morgan fingerprint density at radius 3 is 2.69 bits per heavy atom. The molecule has 12 heteroatoms. The van der Waals surface area contributed by atoms with E-state index in [4.69, 9.17) is 21.9 Å². The summed E-state index contributed by atoms with van der Waals surface area (Å²) in [7, 11) is 0. The van der Waals surface area contributed by atoms with Crippen molar-refractivity contribution in [3.8, 4) is 11.4 Å². The standard InChI is InChI=1S/C17H15ClF3N5O2S/c1-8-11(5-6-28-8)14-24-25-16(26(14)22)29-9(2)15(27)23-13-4-3-10(18)7-12(13)17(19,20)21/h3-7,9H,22H2,1-2H3,(H,23,27). The van der Waals surface area contributed by atoms with Crippen LogP contribution in [0.25, 0.3) is 11.4 Å². The van der Waals surface area contributed by atoms with Gasteiger partial charge in [0.15, 0.2) is 5.82 Å². The third kappa shape index (κ3) is 4.51. The molecule has 3 N–H and O–H groups in total. The van der Waals surface area contributed by atoms with E-state index in [-0.39, 0.29) is 15.9 Å². The lowest BCUT2D eigenvalue weighted by Gasteiger charge is -2.16. The lowest BCUT2D eigenvalue weighted by Crippen LogP contribution is -2.25. The van der Waals surface area contributed by atoms with Crippen LogP contribution in [0.4, 0.5) is 18.9 Å². The summed E-state index contributed by atoms with van der Waals surface area (Å²) in [4.78, 5) is 12.4. The van der Waals surface area contributed by atoms with E-state index >= 15 is 0 Å². The van der Waals surface area contributed by atoms with Gasteiger partial charge in [-0.25, -0.2) is 4.68 Å². The van der Waals surface area contributed by atoms with Gasteiger partial charge in [0, 0.05) is 5.02 Å². The number of aryl methyl sites for hydroxylation is 1. The molecule has 154 valence electrons. The number of anilines is 1. The lowest BCUT2D eigenvalue weighted by atomic mass is 10.1. The quantitative estimate of drug-likeness (QED) is 0.447. The molecule has 0 bridgehead atoms. The number of rotatable bonds is 5. The van der Waals surface area contributed by atoms with E-state index in [1.807, 2.05) is 0 Å². The monoisotopic (exact) mass is 445 g/mol. The van der Waals surface area contributed by atoms with Gasteiger partial charge in [0.2, 0.25) is 11.1 Å². The van der Waals surface area contributed by atoms with Crippen molar-refractivity contribution >= 4 is 35.0 Å². The summed E-state index contributed by atoms with van der Waals surface area (Å²) in [6, 6.07) is 4.80. The van der Waals surface area contributed by atoms with Gasteiger partial charge in [-0.15, -0.1) is 10.2 Å². The normalized spacial score (nSPS) is 12.8. The third-order valence-electron chi connectivity index (χ3n) is 3.96. The van der Waals surface area contributed by atoms with E-state index in [1.165, 1.54) is 23.9 Å². The van der Waals surface area contributed by atoms with Crippen LogP contribution in [0.2, 0.25) is 5.02 Å². The molecule has 0 radical (unpaired) electrons. The number of carbonyl (C=O) groups is 1. The molecular formula is C17H15ClF3N5O2S. The average molecular weight is 446 g/mol. The number of nitrogens with two attached hydrogens (primary N) is 1. The largest absolute Gasteiger partial charge is 0.469 e. The molecule has 2 aromatic heterocycles. The Bertz CT molecular complexity index is 1050. The summed E-state index contributed by atoms with van der Waals surface area (Å²) < 4.78 is 46.0. The highest BCUT2D eigenvalue weighted by Gasteiger charge is 2.34. The number of furan rings is 1. The maximum absolute atomic E-state index is 13.2. The topological polar surface area (TPSA) is 99.0 Å². The van der Waals surface area contributed by atoms with Crippen LogP contribution < -0.4 is 11.2 Å². The molecule has 2 heterocycles. The van der Waals surface area contributed by atoms with Gasteiger partial charge in [-0.05, 0) is 38.1 Å². The van der Waals surface area contributed by atoms with Gasteiger partial charge in [-0.3, -0.25) is 4.79 Å². The fraction of sp³-hybridized carbons (Fsp3) is 0.235. The van der Waals surface area contributed by atoms with Crippen LogP contribution in [0.1, 0.15) is 18.2 Å². The van der Waals surface area contributed by atoms with E-state index < -0.39 is 22.9 Å². The Balaban J connectivity index is 1.76. The molecule has 0 aliphatic carbocycles. The van der Waals surface area contributed by atoms with Gasteiger partial charge in [0.1, 0.15) is 5.76 Å². The number of nitrogens with one attached hydrogen (secondary N) is 1. The summed E-state index contributed by atoms with van der Waals surface area (Å²) >= 11 is 6.60. The van der Waals surface area contributed by atoms with Crippen molar-refractivity contribution in [3.05, 3.63) is 46.9 Å². The number of halogens is 4. The first-order valence-electron chi connectivity index (χ1n) is 8.17. The predicted molar refractivity (Wildman–Crippen MR) is 103 cm³/mol. The van der Waals surface area contributed by atoms with Gasteiger partial charge in [0.05, 0.1) is 28.3 Å². The SMILES string of the molecule is Cc1occc1-c1nnc(SC(C)C(=O)Nc2ccc(Cl)cc2C(F)(F)F)n1N. The maximum atomic E-state index is 13.2. The molecule has 7 nitrogen and oxygen atoms in total. The molecule has 3 aromatic rings. The van der Waals surface area contributed by atoms with Gasteiger partial charge >= 0.3 is 6.18 Å². The second-order valence-electron chi connectivity index (χ2n) is 6.00. The number of thioether (sulfide) groups is 1. The Morgan fingerprint density at radius 1 is 1.34 bits per heavy atom. The van der Waals surface area contributed by atoms with Crippen LogP contribution in [-0.2, 0) is 11.0 Å². The Kier molecular flexibility index (Phi) is 5.80. The fourth-order valence-corrected chi connectivity index (χ4v) is 3.41. The van der Waals surface area contributed by atoms with Crippen molar-refractivity contribution < 1.29 is 22.4 Å². The number of amides is 1. The lowest BCUT2D eigenvalue weighted by molar-refractivity contribution is -0.137. The van der Waals surface area contributed by atoms with Crippen molar-refractivity contribution in [2.75, 3.05) is 11.2 Å². The minimum atomic E-state index is -4.67. The van der Waals surface area contributed by atoms with Gasteiger partial charge < -0.3 is 15.6 Å². The number of nitrogen functional groups attached to an aromatic ring is 1. The molecule has 0 fully saturated rings. The van der Waals surface area contributed by atoms with Crippen molar-refractivity contribution in [2.24, 2.45) is 0 Å². The minimum absolute atomic E-state index is 0.0870. The van der Waals surface area contributed by atoms with Crippen molar-refractivity contribution in [1.29, 1.82) is 0 Å². The number of benzene rings is 1. The number of carbonyl (C=O) groups excluding carboxylic acids is 1. The van der Waals surface area contributed by atoms with E-state index in [0.29, 0.717) is 17.1 Å². The molecule has 1 amide bonds. The summed E-state index contributed by atoms with van der Waals surface area (Å²) in [6.07, 6.45) is -3.19. The van der Waals surface area contributed by atoms with Crippen molar-refractivity contribution in [1.82, 2.24) is 14.9 Å². The molecule has 3 rings (SSSR count). The minimum Gasteiger partial charge on any atom is -0.469 e. The van der Waals surface area contributed by atoms with Crippen LogP contribution in [0.3, 0.4) is 0 Å². The Labute approximate surface area is 172 Å². The molecule has 1 unspecified atom stereocenters. The van der Waals surface area contributed by atoms with E-state index in [1.54, 1.807) is 13.0 Å². The molecule has 1 aromatic carbocycles. The summed E-state index contributed by atoms with van der Waals surface area (Å²) in [5.74, 6) is 6.26. The van der Waals surface area contributed by atoms with E-state index in [9.17, 15) is 18.0 Å². The highest BCUT2D eigenvalue weighted by atomic mass is 35.5. The fourth-order valence-electron chi connectivity index (χ4n) is 2.46. The second-order valence-corrected chi connectivity index (χ2v) is 7.75. The van der Waals surface area contributed by atoms with Crippen LogP contribution in [0.15, 0.2) is 40.1 Å². The molecule has 0 saturated heterocycles. The highest BCUT2D eigenvalue weighted by molar-refractivity contribution is 8.00. The van der Waals surface area contributed by atoms with Crippen molar-refractivity contribution in [2.45, 2.75) is 30.4 Å². The summed E-state index contributed by atoms with van der Waals surface area (Å²) in [5, 5.41) is 9.52. The molecule has 0 spiro atoms. The zero-order valence-corrected chi connectivity index (χ0v) is 16.7. The molecule has 1 atom stereocenters. The molecular weight excluding hydrogens is 431 g/mol. The number of aromatic nitrogens is 3. The van der Waals surface area contributed by atoms with Crippen LogP contribution in [-0.4, -0.2) is 26.0 Å². The zero-order chi connectivity index (χ0) is 21.3. The highest BCUT2D eigenvalue weighted by Crippen LogP contribution is 2.37. The van der Waals surface area contributed by atoms with Gasteiger partial charge in [-0.1, -0.05) is 23.4 Å². The molecule has 0 aliphatic rings. The Hall–Kier alpha value is -2.66. The summed E-state index contributed by atoms with van der Waals surface area (Å²) in [6.45, 7) is 3.25. The number of alkyl halides is 3. The predicted octanol–water partition coefficient (Wildman–Crippen LogP) is 4.35. The van der Waals surface area contributed by atoms with Crippen LogP contribution in [0, 0.1) is 6.92 Å². The molecule has 0 aliphatic heterocycles. The van der Waals surface area contributed by atoms with Crippen LogP contribution >= 0.6 is 23.4 Å². The van der Waals surface area contributed by atoms with Crippen LogP contribution in [0.5, 0.6) is 0 Å². The molecule has 29 heavy (non-hydrogen) atoms. The van der Waals surface area contributed by atoms with E-state index in [2.05, 4.69) is 15.5 Å². The maximum Gasteiger partial charge on any atom is 0.418 e. The van der Waals surface area contributed by atoms with E-state index in [0.717, 1.165) is 23.9 Å². The first-order chi connectivity index (χ1) is 13.6. The average Bonchev–Trinajstić information content (AvgIpc) is 3.21. The second kappa shape index (κ2) is 7.99. The summed E-state index contributed by atoms with van der Waals surface area (Å²) in [5.41, 5.74) is -0.779. The third-order valence-corrected chi connectivity index (χ3v) is 5.25. The zero-order valence-electron chi connectivity index (χ0n) is 15.1. The van der Waals surface area contributed by atoms with Crippen molar-refractivity contribution in [3.63, 3.8) is 0 Å². The smallest absolute Gasteiger partial charge is 0.418 e.